The van der Waals surface area contributed by atoms with Gasteiger partial charge in [-0.1, -0.05) is 55.8 Å². The van der Waals surface area contributed by atoms with Crippen LogP contribution in [0.3, 0.4) is 0 Å². The molecule has 0 bridgehead atoms. The average Bonchev–Trinajstić information content (AvgIpc) is 2.76. The number of nitrogens with zero attached hydrogens (tertiary/aromatic N) is 3. The van der Waals surface area contributed by atoms with Crippen LogP contribution < -0.4 is 10.2 Å². The number of halogens is 1. The van der Waals surface area contributed by atoms with Gasteiger partial charge in [-0.25, -0.2) is 9.97 Å². The molecular weight excluding hydrogens is 396 g/mol. The minimum atomic E-state index is 0.0551. The van der Waals surface area contributed by atoms with Crippen molar-refractivity contribution in [3.63, 3.8) is 0 Å². The van der Waals surface area contributed by atoms with Crippen LogP contribution in [0.15, 0.2) is 48.5 Å². The second-order valence-electron chi connectivity index (χ2n) is 7.51. The Bertz CT molecular complexity index is 993. The number of amides is 1. The molecule has 0 radical (unpaired) electrons. The summed E-state index contributed by atoms with van der Waals surface area (Å²) in [7, 11) is 0. The number of hydrogen-bond acceptors (Lipinski definition) is 4. The predicted molar refractivity (Wildman–Crippen MR) is 124 cm³/mol. The molecule has 0 aliphatic rings. The van der Waals surface area contributed by atoms with Crippen LogP contribution in [0.25, 0.3) is 10.9 Å². The van der Waals surface area contributed by atoms with Crippen LogP contribution in [0.5, 0.6) is 0 Å². The smallest absolute Gasteiger partial charge is 0.221 e. The van der Waals surface area contributed by atoms with Gasteiger partial charge in [0.1, 0.15) is 11.6 Å². The van der Waals surface area contributed by atoms with E-state index in [0.717, 1.165) is 35.4 Å². The fourth-order valence-corrected chi connectivity index (χ4v) is 3.45. The second kappa shape index (κ2) is 10.4. The van der Waals surface area contributed by atoms with Crippen molar-refractivity contribution in [1.82, 2.24) is 15.3 Å². The van der Waals surface area contributed by atoms with E-state index >= 15 is 0 Å². The first-order valence-electron chi connectivity index (χ1n) is 10.5. The molecule has 3 aromatic rings. The first-order valence-corrected chi connectivity index (χ1v) is 10.9. The highest BCUT2D eigenvalue weighted by molar-refractivity contribution is 6.31. The van der Waals surface area contributed by atoms with Crippen LogP contribution in [0, 0.1) is 0 Å². The Morgan fingerprint density at radius 3 is 2.60 bits per heavy atom. The van der Waals surface area contributed by atoms with E-state index < -0.39 is 0 Å². The van der Waals surface area contributed by atoms with Crippen LogP contribution in [-0.4, -0.2) is 28.5 Å². The largest absolute Gasteiger partial charge is 0.354 e. The molecule has 0 spiro atoms. The van der Waals surface area contributed by atoms with Crippen molar-refractivity contribution in [2.24, 2.45) is 0 Å². The topological polar surface area (TPSA) is 58.1 Å². The maximum Gasteiger partial charge on any atom is 0.221 e. The first-order chi connectivity index (χ1) is 14.5. The molecule has 2 aromatic carbocycles. The fourth-order valence-electron chi connectivity index (χ4n) is 3.28. The van der Waals surface area contributed by atoms with Gasteiger partial charge < -0.3 is 10.2 Å². The third kappa shape index (κ3) is 5.70. The van der Waals surface area contributed by atoms with Crippen LogP contribution in [0.4, 0.5) is 5.82 Å². The van der Waals surface area contributed by atoms with Gasteiger partial charge in [0, 0.05) is 42.4 Å². The Morgan fingerprint density at radius 2 is 1.90 bits per heavy atom. The van der Waals surface area contributed by atoms with Gasteiger partial charge in [-0.05, 0) is 37.1 Å². The molecule has 158 valence electrons. The molecule has 0 saturated heterocycles. The Kier molecular flexibility index (Phi) is 7.63. The Labute approximate surface area is 183 Å². The zero-order valence-electron chi connectivity index (χ0n) is 17.9. The molecule has 5 nitrogen and oxygen atoms in total. The van der Waals surface area contributed by atoms with E-state index in [1.165, 1.54) is 5.56 Å². The summed E-state index contributed by atoms with van der Waals surface area (Å²) >= 11 is 6.21. The third-order valence-corrected chi connectivity index (χ3v) is 5.38. The molecular formula is C24H29ClN4O. The summed E-state index contributed by atoms with van der Waals surface area (Å²) in [5, 5.41) is 4.64. The molecule has 1 atom stereocenters. The van der Waals surface area contributed by atoms with Crippen molar-refractivity contribution in [1.29, 1.82) is 0 Å². The van der Waals surface area contributed by atoms with Gasteiger partial charge in [-0.2, -0.15) is 0 Å². The summed E-state index contributed by atoms with van der Waals surface area (Å²) < 4.78 is 0. The summed E-state index contributed by atoms with van der Waals surface area (Å²) in [6.45, 7) is 7.35. The molecule has 0 aliphatic heterocycles. The van der Waals surface area contributed by atoms with Crippen molar-refractivity contribution in [3.8, 4) is 0 Å². The SMILES string of the molecule is CCc1nc(N(CCC(=O)NC(C)CC)Cc2ccccc2)c2ccc(Cl)cc2n1. The number of aromatic nitrogens is 2. The number of aryl methyl sites for hydroxylation is 1. The van der Waals surface area contributed by atoms with E-state index in [0.29, 0.717) is 24.5 Å². The minimum absolute atomic E-state index is 0.0551. The number of rotatable bonds is 9. The zero-order chi connectivity index (χ0) is 21.5. The van der Waals surface area contributed by atoms with Gasteiger partial charge in [0.2, 0.25) is 5.91 Å². The van der Waals surface area contributed by atoms with Crippen LogP contribution in [-0.2, 0) is 17.8 Å². The number of carbonyl (C=O) groups is 1. The van der Waals surface area contributed by atoms with E-state index in [9.17, 15) is 4.79 Å². The summed E-state index contributed by atoms with van der Waals surface area (Å²) in [4.78, 5) is 24.1. The molecule has 1 aromatic heterocycles. The normalized spacial score (nSPS) is 12.0. The predicted octanol–water partition coefficient (Wildman–Crippen LogP) is 5.16. The van der Waals surface area contributed by atoms with Gasteiger partial charge >= 0.3 is 0 Å². The first kappa shape index (κ1) is 22.0. The highest BCUT2D eigenvalue weighted by Gasteiger charge is 2.17. The number of anilines is 1. The lowest BCUT2D eigenvalue weighted by Crippen LogP contribution is -2.35. The molecule has 1 unspecified atom stereocenters. The van der Waals surface area contributed by atoms with Gasteiger partial charge in [0.05, 0.1) is 5.52 Å². The third-order valence-electron chi connectivity index (χ3n) is 5.15. The lowest BCUT2D eigenvalue weighted by Gasteiger charge is -2.26. The van der Waals surface area contributed by atoms with Crippen LogP contribution >= 0.6 is 11.6 Å². The lowest BCUT2D eigenvalue weighted by atomic mass is 10.1. The van der Waals surface area contributed by atoms with Gasteiger partial charge in [0.25, 0.3) is 0 Å². The van der Waals surface area contributed by atoms with Gasteiger partial charge in [-0.15, -0.1) is 0 Å². The number of fused-ring (bicyclic) bond motifs is 1. The molecule has 1 N–H and O–H groups in total. The molecule has 0 fully saturated rings. The fraction of sp³-hybridized carbons (Fsp3) is 0.375. The van der Waals surface area contributed by atoms with Crippen molar-refractivity contribution < 1.29 is 4.79 Å². The van der Waals surface area contributed by atoms with E-state index in [1.54, 1.807) is 0 Å². The summed E-state index contributed by atoms with van der Waals surface area (Å²) in [6.07, 6.45) is 2.04. The molecule has 6 heteroatoms. The minimum Gasteiger partial charge on any atom is -0.354 e. The standard InChI is InChI=1S/C24H29ClN4O/c1-4-17(3)26-23(30)13-14-29(16-18-9-7-6-8-10-18)24-20-12-11-19(25)15-21(20)27-22(5-2)28-24/h6-12,15,17H,4-5,13-14,16H2,1-3H3,(H,26,30). The number of benzene rings is 2. The molecule has 3 rings (SSSR count). The highest BCUT2D eigenvalue weighted by Crippen LogP contribution is 2.28. The van der Waals surface area contributed by atoms with Gasteiger partial charge in [-0.3, -0.25) is 4.79 Å². The maximum absolute atomic E-state index is 12.4. The molecule has 1 heterocycles. The van der Waals surface area contributed by atoms with E-state index in [4.69, 9.17) is 16.6 Å². The number of hydrogen-bond donors (Lipinski definition) is 1. The van der Waals surface area contributed by atoms with Crippen molar-refractivity contribution >= 4 is 34.2 Å². The van der Waals surface area contributed by atoms with Crippen LogP contribution in [0.2, 0.25) is 5.02 Å². The van der Waals surface area contributed by atoms with Crippen LogP contribution in [0.1, 0.15) is 45.0 Å². The Hall–Kier alpha value is -2.66. The lowest BCUT2D eigenvalue weighted by molar-refractivity contribution is -0.121. The number of carbonyl (C=O) groups excluding carboxylic acids is 1. The summed E-state index contributed by atoms with van der Waals surface area (Å²) in [5.41, 5.74) is 1.99. The summed E-state index contributed by atoms with van der Waals surface area (Å²) in [6, 6.07) is 16.1. The zero-order valence-corrected chi connectivity index (χ0v) is 18.6. The monoisotopic (exact) mass is 424 g/mol. The van der Waals surface area contributed by atoms with Crippen molar-refractivity contribution in [2.75, 3.05) is 11.4 Å². The maximum atomic E-state index is 12.4. The Balaban J connectivity index is 1.95. The second-order valence-corrected chi connectivity index (χ2v) is 7.95. The molecule has 1 amide bonds. The number of nitrogens with one attached hydrogen (secondary N) is 1. The molecule has 30 heavy (non-hydrogen) atoms. The molecule has 0 saturated carbocycles. The van der Waals surface area contributed by atoms with Gasteiger partial charge in [0.15, 0.2) is 0 Å². The summed E-state index contributed by atoms with van der Waals surface area (Å²) in [5.74, 6) is 1.66. The molecule has 0 aliphatic carbocycles. The van der Waals surface area contributed by atoms with E-state index in [-0.39, 0.29) is 11.9 Å². The Morgan fingerprint density at radius 1 is 1.13 bits per heavy atom. The van der Waals surface area contributed by atoms with E-state index in [2.05, 4.69) is 34.3 Å². The van der Waals surface area contributed by atoms with Crippen molar-refractivity contribution in [2.45, 2.75) is 52.6 Å². The quantitative estimate of drug-likeness (QED) is 0.515. The highest BCUT2D eigenvalue weighted by atomic mass is 35.5. The van der Waals surface area contributed by atoms with E-state index in [1.807, 2.05) is 50.2 Å². The van der Waals surface area contributed by atoms with Crippen molar-refractivity contribution in [3.05, 3.63) is 64.9 Å². The average molecular weight is 425 g/mol.